The monoisotopic (exact) mass is 259 g/mol. The van der Waals surface area contributed by atoms with E-state index in [4.69, 9.17) is 4.74 Å². The van der Waals surface area contributed by atoms with E-state index in [1.165, 1.54) is 13.3 Å². The van der Waals surface area contributed by atoms with Crippen molar-refractivity contribution >= 4 is 22.7 Å². The number of hydrogen-bond donors (Lipinski definition) is 0. The molecule has 0 saturated carbocycles. The molecule has 98 valence electrons. The van der Waals surface area contributed by atoms with Crippen molar-refractivity contribution in [3.63, 3.8) is 0 Å². The Hall–Kier alpha value is -2.43. The van der Waals surface area contributed by atoms with Gasteiger partial charge in [-0.25, -0.2) is 14.6 Å². The molecule has 0 saturated heterocycles. The van der Waals surface area contributed by atoms with E-state index in [0.29, 0.717) is 10.9 Å². The summed E-state index contributed by atoms with van der Waals surface area (Å²) in [5.74, 6) is -0.962. The Balaban J connectivity index is 2.58. The van der Waals surface area contributed by atoms with Gasteiger partial charge in [0.15, 0.2) is 5.69 Å². The zero-order chi connectivity index (χ0) is 13.8. The molecular formula is C14H13NO4. The molecule has 19 heavy (non-hydrogen) atoms. The maximum atomic E-state index is 11.8. The van der Waals surface area contributed by atoms with Gasteiger partial charge in [-0.1, -0.05) is 6.07 Å². The van der Waals surface area contributed by atoms with Gasteiger partial charge in [0.2, 0.25) is 0 Å². The van der Waals surface area contributed by atoms with Gasteiger partial charge >= 0.3 is 11.9 Å². The number of methoxy groups -OCH3 is 1. The van der Waals surface area contributed by atoms with Crippen molar-refractivity contribution in [1.29, 1.82) is 0 Å². The number of pyridine rings is 1. The highest BCUT2D eigenvalue weighted by Gasteiger charge is 2.14. The maximum Gasteiger partial charge on any atom is 0.357 e. The average Bonchev–Trinajstić information content (AvgIpc) is 2.45. The Kier molecular flexibility index (Phi) is 3.75. The first-order valence-electron chi connectivity index (χ1n) is 5.81. The average molecular weight is 259 g/mol. The summed E-state index contributed by atoms with van der Waals surface area (Å²) in [6, 6.07) is 6.73. The summed E-state index contributed by atoms with van der Waals surface area (Å²) in [5, 5.41) is 1.38. The topological polar surface area (TPSA) is 65.5 Å². The Morgan fingerprint density at radius 1 is 1.21 bits per heavy atom. The first-order chi connectivity index (χ1) is 9.17. The summed E-state index contributed by atoms with van der Waals surface area (Å²) >= 11 is 0. The van der Waals surface area contributed by atoms with Crippen LogP contribution >= 0.6 is 0 Å². The molecule has 0 amide bonds. The number of carbonyl (C=O) groups excluding carboxylic acids is 2. The van der Waals surface area contributed by atoms with E-state index in [0.717, 1.165) is 5.39 Å². The SMILES string of the molecule is CCOC(=O)c1nccc2ccc(C(=O)OC)cc12. The van der Waals surface area contributed by atoms with Crippen LogP contribution in [0.5, 0.6) is 0 Å². The minimum atomic E-state index is -0.505. The molecule has 1 aromatic heterocycles. The molecule has 5 nitrogen and oxygen atoms in total. The molecule has 0 unspecified atom stereocenters. The normalized spacial score (nSPS) is 10.2. The minimum Gasteiger partial charge on any atom is -0.465 e. The number of benzene rings is 1. The number of ether oxygens (including phenoxy) is 2. The zero-order valence-electron chi connectivity index (χ0n) is 10.7. The van der Waals surface area contributed by atoms with Crippen molar-refractivity contribution in [2.24, 2.45) is 0 Å². The molecule has 2 aromatic rings. The molecule has 0 radical (unpaired) electrons. The third-order valence-electron chi connectivity index (χ3n) is 2.66. The van der Waals surface area contributed by atoms with Crippen LogP contribution in [-0.4, -0.2) is 30.6 Å². The summed E-state index contributed by atoms with van der Waals surface area (Å²) in [7, 11) is 1.31. The Bertz CT molecular complexity index is 636. The Morgan fingerprint density at radius 3 is 2.68 bits per heavy atom. The quantitative estimate of drug-likeness (QED) is 0.790. The van der Waals surface area contributed by atoms with Crippen molar-refractivity contribution < 1.29 is 19.1 Å². The van der Waals surface area contributed by atoms with Gasteiger partial charge in [0.25, 0.3) is 0 Å². The number of carbonyl (C=O) groups is 2. The van der Waals surface area contributed by atoms with Gasteiger partial charge in [0, 0.05) is 11.6 Å². The predicted octanol–water partition coefficient (Wildman–Crippen LogP) is 2.20. The third-order valence-corrected chi connectivity index (χ3v) is 2.66. The summed E-state index contributed by atoms with van der Waals surface area (Å²) < 4.78 is 9.60. The lowest BCUT2D eigenvalue weighted by Crippen LogP contribution is -2.08. The van der Waals surface area contributed by atoms with Crippen LogP contribution in [0.15, 0.2) is 30.5 Å². The van der Waals surface area contributed by atoms with Gasteiger partial charge in [-0.3, -0.25) is 0 Å². The summed E-state index contributed by atoms with van der Waals surface area (Å²) in [5.41, 5.74) is 0.568. The van der Waals surface area contributed by atoms with Crippen LogP contribution in [0.4, 0.5) is 0 Å². The minimum absolute atomic E-state index is 0.199. The van der Waals surface area contributed by atoms with E-state index < -0.39 is 11.9 Å². The van der Waals surface area contributed by atoms with Gasteiger partial charge in [0.1, 0.15) is 0 Å². The van der Waals surface area contributed by atoms with E-state index in [2.05, 4.69) is 9.72 Å². The largest absolute Gasteiger partial charge is 0.465 e. The smallest absolute Gasteiger partial charge is 0.357 e. The van der Waals surface area contributed by atoms with Crippen LogP contribution in [0.2, 0.25) is 0 Å². The molecular weight excluding hydrogens is 246 g/mol. The predicted molar refractivity (Wildman–Crippen MR) is 69.0 cm³/mol. The summed E-state index contributed by atoms with van der Waals surface area (Å²) in [4.78, 5) is 27.3. The molecule has 1 aromatic carbocycles. The van der Waals surface area contributed by atoms with Crippen molar-refractivity contribution in [2.75, 3.05) is 13.7 Å². The molecule has 5 heteroatoms. The van der Waals surface area contributed by atoms with E-state index in [1.54, 1.807) is 31.2 Å². The molecule has 0 aliphatic rings. The molecule has 0 bridgehead atoms. The van der Waals surface area contributed by atoms with E-state index in [9.17, 15) is 9.59 Å². The Morgan fingerprint density at radius 2 is 2.00 bits per heavy atom. The number of rotatable bonds is 3. The van der Waals surface area contributed by atoms with Crippen LogP contribution in [-0.2, 0) is 9.47 Å². The van der Waals surface area contributed by atoms with Gasteiger partial charge < -0.3 is 9.47 Å². The second-order valence-electron chi connectivity index (χ2n) is 3.81. The summed E-state index contributed by atoms with van der Waals surface area (Å²) in [6.45, 7) is 2.00. The lowest BCUT2D eigenvalue weighted by atomic mass is 10.1. The van der Waals surface area contributed by atoms with Crippen LogP contribution in [0, 0.1) is 0 Å². The lowest BCUT2D eigenvalue weighted by Gasteiger charge is -2.06. The second-order valence-corrected chi connectivity index (χ2v) is 3.81. The van der Waals surface area contributed by atoms with Crippen LogP contribution in [0.25, 0.3) is 10.8 Å². The van der Waals surface area contributed by atoms with Crippen molar-refractivity contribution in [3.8, 4) is 0 Å². The lowest BCUT2D eigenvalue weighted by molar-refractivity contribution is 0.0520. The molecule has 1 heterocycles. The van der Waals surface area contributed by atoms with Crippen molar-refractivity contribution in [2.45, 2.75) is 6.92 Å². The molecule has 2 rings (SSSR count). The molecule has 0 aliphatic heterocycles. The van der Waals surface area contributed by atoms with Crippen molar-refractivity contribution in [3.05, 3.63) is 41.7 Å². The molecule has 0 spiro atoms. The van der Waals surface area contributed by atoms with Gasteiger partial charge in [-0.2, -0.15) is 0 Å². The molecule has 0 N–H and O–H groups in total. The number of hydrogen-bond acceptors (Lipinski definition) is 5. The van der Waals surface area contributed by atoms with E-state index in [-0.39, 0.29) is 12.3 Å². The highest BCUT2D eigenvalue weighted by atomic mass is 16.5. The number of aromatic nitrogens is 1. The molecule has 0 aliphatic carbocycles. The fourth-order valence-corrected chi connectivity index (χ4v) is 1.78. The van der Waals surface area contributed by atoms with Gasteiger partial charge in [0.05, 0.1) is 19.3 Å². The molecule has 0 fully saturated rings. The van der Waals surface area contributed by atoms with Crippen molar-refractivity contribution in [1.82, 2.24) is 4.98 Å². The van der Waals surface area contributed by atoms with Crippen LogP contribution in [0.3, 0.4) is 0 Å². The highest BCUT2D eigenvalue weighted by molar-refractivity contribution is 6.05. The number of fused-ring (bicyclic) bond motifs is 1. The van der Waals surface area contributed by atoms with Crippen LogP contribution in [0.1, 0.15) is 27.8 Å². The first-order valence-corrected chi connectivity index (χ1v) is 5.81. The van der Waals surface area contributed by atoms with Gasteiger partial charge in [-0.15, -0.1) is 0 Å². The standard InChI is InChI=1S/C14H13NO4/c1-3-19-14(17)12-11-8-10(13(16)18-2)5-4-9(11)6-7-15-12/h4-8H,3H2,1-2H3. The first kappa shape index (κ1) is 13.0. The number of nitrogens with zero attached hydrogens (tertiary/aromatic N) is 1. The maximum absolute atomic E-state index is 11.8. The van der Waals surface area contributed by atoms with E-state index in [1.807, 2.05) is 0 Å². The fraction of sp³-hybridized carbons (Fsp3) is 0.214. The van der Waals surface area contributed by atoms with Gasteiger partial charge in [-0.05, 0) is 30.5 Å². The number of esters is 2. The molecule has 0 atom stereocenters. The summed E-state index contributed by atoms with van der Waals surface area (Å²) in [6.07, 6.45) is 1.53. The van der Waals surface area contributed by atoms with E-state index >= 15 is 0 Å². The fourth-order valence-electron chi connectivity index (χ4n) is 1.78. The Labute approximate surface area is 110 Å². The highest BCUT2D eigenvalue weighted by Crippen LogP contribution is 2.20. The zero-order valence-corrected chi connectivity index (χ0v) is 10.7. The second kappa shape index (κ2) is 5.48. The third kappa shape index (κ3) is 2.54. The van der Waals surface area contributed by atoms with Crippen LogP contribution < -0.4 is 0 Å².